The summed E-state index contributed by atoms with van der Waals surface area (Å²) in [6.45, 7) is 5.98. The largest absolute Gasteiger partial charge is 0.444 e. The summed E-state index contributed by atoms with van der Waals surface area (Å²) in [6.07, 6.45) is 2.74. The molecule has 1 fully saturated rings. The number of nitrogens with two attached hydrogens (primary N) is 1. The van der Waals surface area contributed by atoms with Crippen LogP contribution < -0.4 is 21.7 Å². The number of rotatable bonds is 10. The van der Waals surface area contributed by atoms with Gasteiger partial charge in [-0.3, -0.25) is 14.7 Å². The number of nitrogen functional groups attached to an aromatic ring is 1. The Hall–Kier alpha value is -5.79. The van der Waals surface area contributed by atoms with Gasteiger partial charge in [0, 0.05) is 30.1 Å². The Morgan fingerprint density at radius 1 is 0.940 bits per heavy atom. The zero-order valence-electron chi connectivity index (χ0n) is 28.3. The van der Waals surface area contributed by atoms with Crippen molar-refractivity contribution in [1.82, 2.24) is 41.5 Å². The van der Waals surface area contributed by atoms with Crippen LogP contribution in [0.15, 0.2) is 66.7 Å². The number of amides is 3. The van der Waals surface area contributed by atoms with Crippen LogP contribution in [0.25, 0.3) is 33.4 Å². The minimum Gasteiger partial charge on any atom is -0.444 e. The topological polar surface area (TPSA) is 206 Å². The molecule has 260 valence electrons. The van der Waals surface area contributed by atoms with Gasteiger partial charge in [-0.1, -0.05) is 36.4 Å². The van der Waals surface area contributed by atoms with Gasteiger partial charge >= 0.3 is 6.09 Å². The monoisotopic (exact) mass is 678 g/mol. The number of H-pyrrole nitrogens is 2. The molecule has 0 radical (unpaired) electrons. The maximum absolute atomic E-state index is 13.7. The fourth-order valence-corrected chi connectivity index (χ4v) is 6.28. The normalized spacial score (nSPS) is 16.8. The molecule has 0 saturated heterocycles. The van der Waals surface area contributed by atoms with Crippen LogP contribution in [0.3, 0.4) is 0 Å². The number of fused-ring (bicyclic) bond motifs is 1. The molecule has 1 aliphatic rings. The number of aromatic nitrogens is 6. The molecule has 14 nitrogen and oxygen atoms in total. The third kappa shape index (κ3) is 8.43. The van der Waals surface area contributed by atoms with Crippen LogP contribution in [0.2, 0.25) is 0 Å². The molecule has 50 heavy (non-hydrogen) atoms. The van der Waals surface area contributed by atoms with Gasteiger partial charge in [-0.2, -0.15) is 10.3 Å². The number of ether oxygens (including phenoxy) is 1. The standard InChI is InChI=1S/C36H42N10O4/c1-36(2,3)50-35(49)38-20-22-9-13-25(14-10-22)33(47)40-29(34(48)39-26-17-15-24(16-18-26)32-43-45-46-44-32)19-21-7-11-23(12-8-21)27-5-4-6-28-30(27)31(37)42-41-28/h4-8,11-12,15-18,22,25,29H,9-10,13-14,19-20H2,1-3H3,(H,38,49)(H,39,48)(H,40,47)(H3,37,41,42)(H,43,44,45,46). The molecule has 0 aliphatic heterocycles. The lowest BCUT2D eigenvalue weighted by Gasteiger charge is -2.29. The van der Waals surface area contributed by atoms with E-state index in [9.17, 15) is 14.4 Å². The molecule has 6 rings (SSSR count). The Morgan fingerprint density at radius 2 is 1.66 bits per heavy atom. The predicted molar refractivity (Wildman–Crippen MR) is 190 cm³/mol. The zero-order valence-corrected chi connectivity index (χ0v) is 28.3. The third-order valence-electron chi connectivity index (χ3n) is 8.86. The van der Waals surface area contributed by atoms with Crippen molar-refractivity contribution in [2.45, 2.75) is 64.5 Å². The summed E-state index contributed by atoms with van der Waals surface area (Å²) in [4.78, 5) is 39.5. The Kier molecular flexibility index (Phi) is 10.1. The fourth-order valence-electron chi connectivity index (χ4n) is 6.28. The molecule has 0 spiro atoms. The number of hydrogen-bond donors (Lipinski definition) is 6. The average Bonchev–Trinajstić information content (AvgIpc) is 3.78. The van der Waals surface area contributed by atoms with Gasteiger partial charge in [0.2, 0.25) is 17.6 Å². The van der Waals surface area contributed by atoms with E-state index in [0.29, 0.717) is 36.7 Å². The highest BCUT2D eigenvalue weighted by molar-refractivity contribution is 6.01. The van der Waals surface area contributed by atoms with Crippen LogP contribution >= 0.6 is 0 Å². The molecular formula is C36H42N10O4. The van der Waals surface area contributed by atoms with E-state index in [1.54, 1.807) is 24.3 Å². The summed E-state index contributed by atoms with van der Waals surface area (Å²) in [5.74, 6) is 0.399. The first-order valence-corrected chi connectivity index (χ1v) is 16.8. The van der Waals surface area contributed by atoms with E-state index in [-0.39, 0.29) is 30.1 Å². The molecule has 5 aromatic rings. The van der Waals surface area contributed by atoms with Gasteiger partial charge in [0.05, 0.1) is 10.9 Å². The van der Waals surface area contributed by atoms with Gasteiger partial charge in [-0.05, 0) is 105 Å². The Morgan fingerprint density at radius 3 is 2.34 bits per heavy atom. The van der Waals surface area contributed by atoms with E-state index in [2.05, 4.69) is 46.8 Å². The molecule has 7 N–H and O–H groups in total. The van der Waals surface area contributed by atoms with E-state index in [0.717, 1.165) is 46.0 Å². The predicted octanol–water partition coefficient (Wildman–Crippen LogP) is 4.99. The zero-order chi connectivity index (χ0) is 35.3. The van der Waals surface area contributed by atoms with Gasteiger partial charge in [-0.15, -0.1) is 10.2 Å². The summed E-state index contributed by atoms with van der Waals surface area (Å²) < 4.78 is 5.35. The second kappa shape index (κ2) is 14.8. The number of tetrazole rings is 1. The third-order valence-corrected chi connectivity index (χ3v) is 8.86. The van der Waals surface area contributed by atoms with Gasteiger partial charge in [-0.25, -0.2) is 4.79 Å². The highest BCUT2D eigenvalue weighted by atomic mass is 16.6. The first kappa shape index (κ1) is 34.1. The van der Waals surface area contributed by atoms with Crippen LogP contribution in [0.4, 0.5) is 16.3 Å². The van der Waals surface area contributed by atoms with Gasteiger partial charge in [0.1, 0.15) is 11.6 Å². The Balaban J connectivity index is 1.13. The molecule has 3 aromatic carbocycles. The van der Waals surface area contributed by atoms with Crippen molar-refractivity contribution in [1.29, 1.82) is 0 Å². The first-order chi connectivity index (χ1) is 24.0. The van der Waals surface area contributed by atoms with Gasteiger partial charge in [0.15, 0.2) is 5.82 Å². The number of nitrogens with zero attached hydrogens (tertiary/aromatic N) is 4. The number of carbonyl (C=O) groups excluding carboxylic acids is 3. The van der Waals surface area contributed by atoms with E-state index in [4.69, 9.17) is 10.5 Å². The van der Waals surface area contributed by atoms with E-state index in [1.165, 1.54) is 0 Å². The molecular weight excluding hydrogens is 636 g/mol. The number of benzene rings is 3. The maximum Gasteiger partial charge on any atom is 0.407 e. The molecule has 2 aromatic heterocycles. The highest BCUT2D eigenvalue weighted by Crippen LogP contribution is 2.32. The van der Waals surface area contributed by atoms with Crippen molar-refractivity contribution in [3.8, 4) is 22.5 Å². The van der Waals surface area contributed by atoms with Gasteiger partial charge in [0.25, 0.3) is 0 Å². The molecule has 3 amide bonds. The first-order valence-electron chi connectivity index (χ1n) is 16.8. The molecule has 1 aliphatic carbocycles. The summed E-state index contributed by atoms with van der Waals surface area (Å²) >= 11 is 0. The minimum atomic E-state index is -0.829. The molecule has 14 heteroatoms. The minimum absolute atomic E-state index is 0.158. The smallest absolute Gasteiger partial charge is 0.407 e. The Labute approximate surface area is 289 Å². The van der Waals surface area contributed by atoms with Crippen LogP contribution in [0.1, 0.15) is 52.0 Å². The molecule has 1 atom stereocenters. The van der Waals surface area contributed by atoms with Crippen molar-refractivity contribution in [3.63, 3.8) is 0 Å². The number of anilines is 2. The number of nitrogens with one attached hydrogen (secondary N) is 5. The molecule has 2 heterocycles. The quantitative estimate of drug-likeness (QED) is 0.118. The number of alkyl carbamates (subject to hydrolysis) is 1. The van der Waals surface area contributed by atoms with Crippen molar-refractivity contribution in [3.05, 3.63) is 72.3 Å². The van der Waals surface area contributed by atoms with E-state index >= 15 is 0 Å². The lowest BCUT2D eigenvalue weighted by molar-refractivity contribution is -0.130. The number of aromatic amines is 2. The van der Waals surface area contributed by atoms with Crippen LogP contribution in [-0.4, -0.2) is 66.9 Å². The highest BCUT2D eigenvalue weighted by Gasteiger charge is 2.30. The second-order valence-corrected chi connectivity index (χ2v) is 13.7. The van der Waals surface area contributed by atoms with Gasteiger partial charge < -0.3 is 26.4 Å². The lowest BCUT2D eigenvalue weighted by Crippen LogP contribution is -2.48. The SMILES string of the molecule is CC(C)(C)OC(=O)NCC1CCC(C(=O)NC(Cc2ccc(-c3cccc4[nH]nc(N)c34)cc2)C(=O)Nc2ccc(-c3nn[nH]n3)cc2)CC1. The van der Waals surface area contributed by atoms with E-state index in [1.807, 2.05) is 63.2 Å². The summed E-state index contributed by atoms with van der Waals surface area (Å²) in [7, 11) is 0. The van der Waals surface area contributed by atoms with Crippen LogP contribution in [-0.2, 0) is 20.7 Å². The van der Waals surface area contributed by atoms with E-state index < -0.39 is 17.7 Å². The van der Waals surface area contributed by atoms with Crippen LogP contribution in [0, 0.1) is 11.8 Å². The lowest BCUT2D eigenvalue weighted by atomic mass is 9.81. The molecule has 0 bridgehead atoms. The molecule has 1 saturated carbocycles. The number of hydrogen-bond acceptors (Lipinski definition) is 9. The number of carbonyl (C=O) groups is 3. The van der Waals surface area contributed by atoms with Crippen molar-refractivity contribution < 1.29 is 19.1 Å². The second-order valence-electron chi connectivity index (χ2n) is 13.7. The van der Waals surface area contributed by atoms with Crippen molar-refractivity contribution >= 4 is 40.3 Å². The van der Waals surface area contributed by atoms with Crippen LogP contribution in [0.5, 0.6) is 0 Å². The summed E-state index contributed by atoms with van der Waals surface area (Å²) in [6, 6.07) is 20.0. The molecule has 1 unspecified atom stereocenters. The van der Waals surface area contributed by atoms with Crippen molar-refractivity contribution in [2.24, 2.45) is 11.8 Å². The Bertz CT molecular complexity index is 1920. The average molecular weight is 679 g/mol. The summed E-state index contributed by atoms with van der Waals surface area (Å²) in [5, 5.41) is 30.8. The summed E-state index contributed by atoms with van der Waals surface area (Å²) in [5.41, 5.74) is 10.5. The fraction of sp³-hybridized carbons (Fsp3) is 0.361. The maximum atomic E-state index is 13.7. The van der Waals surface area contributed by atoms with Crippen molar-refractivity contribution in [2.75, 3.05) is 17.6 Å².